The Bertz CT molecular complexity index is 732. The minimum atomic E-state index is -0.285. The third kappa shape index (κ3) is 2.85. The molecule has 2 heterocycles. The molecule has 2 aliphatic rings. The van der Waals surface area contributed by atoms with Crippen molar-refractivity contribution in [3.05, 3.63) is 48.0 Å². The fourth-order valence-corrected chi connectivity index (χ4v) is 3.80. The number of rotatable bonds is 3. The Morgan fingerprint density at radius 1 is 0.667 bits per heavy atom. The van der Waals surface area contributed by atoms with Gasteiger partial charge in [0.25, 0.3) is 0 Å². The number of benzene rings is 2. The van der Waals surface area contributed by atoms with E-state index in [0.29, 0.717) is 16.8 Å². The number of hydrogen-bond donors (Lipinski definition) is 0. The molecule has 0 bridgehead atoms. The van der Waals surface area contributed by atoms with Crippen LogP contribution in [0.5, 0.6) is 0 Å². The van der Waals surface area contributed by atoms with Gasteiger partial charge in [0.1, 0.15) is 11.6 Å². The number of anilines is 2. The van der Waals surface area contributed by atoms with Gasteiger partial charge in [0.05, 0.1) is 5.69 Å². The quantitative estimate of drug-likeness (QED) is 0.796. The van der Waals surface area contributed by atoms with Gasteiger partial charge >= 0.3 is 0 Å². The Morgan fingerprint density at radius 3 is 1.96 bits per heavy atom. The summed E-state index contributed by atoms with van der Waals surface area (Å²) in [6.45, 7) is 3.76. The summed E-state index contributed by atoms with van der Waals surface area (Å²) < 4.78 is 29.0. The molecule has 4 heteroatoms. The van der Waals surface area contributed by atoms with Crippen molar-refractivity contribution in [3.63, 3.8) is 0 Å². The first-order valence-corrected chi connectivity index (χ1v) is 8.82. The number of hydrogen-bond acceptors (Lipinski definition) is 2. The molecule has 2 aromatic carbocycles. The van der Waals surface area contributed by atoms with E-state index in [-0.39, 0.29) is 11.6 Å². The summed E-state index contributed by atoms with van der Waals surface area (Å²) in [6.07, 6.45) is 4.53. The fraction of sp³-hybridized carbons (Fsp3) is 0.400. The first kappa shape index (κ1) is 15.4. The van der Waals surface area contributed by atoms with E-state index in [1.807, 2.05) is 12.1 Å². The van der Waals surface area contributed by atoms with Gasteiger partial charge in [-0.2, -0.15) is 0 Å². The lowest BCUT2D eigenvalue weighted by atomic mass is 10.0. The fourth-order valence-electron chi connectivity index (χ4n) is 3.80. The second kappa shape index (κ2) is 6.42. The molecule has 2 fully saturated rings. The molecule has 4 rings (SSSR count). The van der Waals surface area contributed by atoms with Crippen LogP contribution in [0.1, 0.15) is 25.7 Å². The summed E-state index contributed by atoms with van der Waals surface area (Å²) in [5.74, 6) is -0.551. The van der Waals surface area contributed by atoms with E-state index in [4.69, 9.17) is 0 Å². The molecule has 2 nitrogen and oxygen atoms in total. The molecule has 2 saturated heterocycles. The van der Waals surface area contributed by atoms with Crippen LogP contribution in [-0.2, 0) is 0 Å². The van der Waals surface area contributed by atoms with E-state index in [1.54, 1.807) is 18.2 Å². The van der Waals surface area contributed by atoms with Crippen molar-refractivity contribution in [3.8, 4) is 11.1 Å². The van der Waals surface area contributed by atoms with Gasteiger partial charge in [-0.15, -0.1) is 0 Å². The minimum Gasteiger partial charge on any atom is -0.371 e. The molecule has 0 radical (unpaired) electrons. The van der Waals surface area contributed by atoms with Crippen molar-refractivity contribution in [2.45, 2.75) is 25.7 Å². The summed E-state index contributed by atoms with van der Waals surface area (Å²) in [5, 5.41) is 0. The lowest BCUT2D eigenvalue weighted by Crippen LogP contribution is -2.18. The van der Waals surface area contributed by atoms with Crippen LogP contribution >= 0.6 is 0 Å². The predicted octanol–water partition coefficient (Wildman–Crippen LogP) is 4.83. The Kier molecular flexibility index (Phi) is 4.13. The Balaban J connectivity index is 1.62. The van der Waals surface area contributed by atoms with Crippen LogP contribution in [0, 0.1) is 11.6 Å². The monoisotopic (exact) mass is 328 g/mol. The van der Waals surface area contributed by atoms with Gasteiger partial charge in [0, 0.05) is 37.4 Å². The van der Waals surface area contributed by atoms with Gasteiger partial charge in [-0.25, -0.2) is 8.78 Å². The van der Waals surface area contributed by atoms with E-state index >= 15 is 0 Å². The first-order valence-electron chi connectivity index (χ1n) is 8.82. The van der Waals surface area contributed by atoms with Gasteiger partial charge in [-0.05, 0) is 61.6 Å². The highest BCUT2D eigenvalue weighted by atomic mass is 19.1. The van der Waals surface area contributed by atoms with Gasteiger partial charge in [-0.1, -0.05) is 6.07 Å². The molecule has 0 amide bonds. The molecule has 0 saturated carbocycles. The van der Waals surface area contributed by atoms with Crippen LogP contribution in [-0.4, -0.2) is 26.2 Å². The highest BCUT2D eigenvalue weighted by molar-refractivity contribution is 5.70. The molecular weight excluding hydrogens is 306 g/mol. The Hall–Kier alpha value is -2.10. The standard InChI is InChI=1S/C20H22F2N2/c21-18-14-16(23-9-1-2-10-23)6-7-17(18)15-5-8-20(19(22)13-15)24-11-3-4-12-24/h5-8,13-14H,1-4,9-12H2. The first-order chi connectivity index (χ1) is 11.7. The zero-order valence-corrected chi connectivity index (χ0v) is 13.8. The summed E-state index contributed by atoms with van der Waals surface area (Å²) in [4.78, 5) is 4.26. The summed E-state index contributed by atoms with van der Waals surface area (Å²) in [5.41, 5.74) is 2.61. The second-order valence-electron chi connectivity index (χ2n) is 6.72. The molecule has 0 spiro atoms. The van der Waals surface area contributed by atoms with E-state index < -0.39 is 0 Å². The average molecular weight is 328 g/mol. The van der Waals surface area contributed by atoms with Crippen molar-refractivity contribution in [2.75, 3.05) is 36.0 Å². The van der Waals surface area contributed by atoms with Gasteiger partial charge in [0.2, 0.25) is 0 Å². The Morgan fingerprint density at radius 2 is 1.33 bits per heavy atom. The van der Waals surface area contributed by atoms with Gasteiger partial charge in [-0.3, -0.25) is 0 Å². The predicted molar refractivity (Wildman–Crippen MR) is 94.7 cm³/mol. The molecule has 0 aromatic heterocycles. The number of halogens is 2. The Labute approximate surface area is 141 Å². The smallest absolute Gasteiger partial charge is 0.147 e. The van der Waals surface area contributed by atoms with E-state index in [1.165, 1.54) is 6.07 Å². The largest absolute Gasteiger partial charge is 0.371 e. The van der Waals surface area contributed by atoms with Crippen LogP contribution in [0.15, 0.2) is 36.4 Å². The maximum Gasteiger partial charge on any atom is 0.147 e. The molecule has 0 atom stereocenters. The maximum atomic E-state index is 14.6. The minimum absolute atomic E-state index is 0.266. The summed E-state index contributed by atoms with van der Waals surface area (Å²) >= 11 is 0. The van der Waals surface area contributed by atoms with Crippen molar-refractivity contribution >= 4 is 11.4 Å². The van der Waals surface area contributed by atoms with E-state index in [0.717, 1.165) is 57.5 Å². The van der Waals surface area contributed by atoms with Crippen molar-refractivity contribution in [1.82, 2.24) is 0 Å². The van der Waals surface area contributed by atoms with Crippen LogP contribution in [0.25, 0.3) is 11.1 Å². The zero-order chi connectivity index (χ0) is 16.5. The molecule has 2 aromatic rings. The SMILES string of the molecule is Fc1cc(N2CCCC2)ccc1-c1ccc(N2CCCC2)c(F)c1. The topological polar surface area (TPSA) is 6.48 Å². The van der Waals surface area contributed by atoms with Gasteiger partial charge in [0.15, 0.2) is 0 Å². The van der Waals surface area contributed by atoms with Crippen LogP contribution in [0.4, 0.5) is 20.2 Å². The normalized spacial score (nSPS) is 17.8. The second-order valence-corrected chi connectivity index (χ2v) is 6.72. The third-order valence-corrected chi connectivity index (χ3v) is 5.13. The lowest BCUT2D eigenvalue weighted by Gasteiger charge is -2.20. The highest BCUT2D eigenvalue weighted by Crippen LogP contribution is 2.32. The highest BCUT2D eigenvalue weighted by Gasteiger charge is 2.18. The van der Waals surface area contributed by atoms with Crippen LogP contribution in [0.2, 0.25) is 0 Å². The molecule has 24 heavy (non-hydrogen) atoms. The maximum absolute atomic E-state index is 14.6. The van der Waals surface area contributed by atoms with E-state index in [9.17, 15) is 8.78 Å². The molecule has 2 aliphatic heterocycles. The lowest BCUT2D eigenvalue weighted by molar-refractivity contribution is 0.621. The molecule has 0 unspecified atom stereocenters. The van der Waals surface area contributed by atoms with Crippen LogP contribution in [0.3, 0.4) is 0 Å². The van der Waals surface area contributed by atoms with Crippen molar-refractivity contribution in [1.29, 1.82) is 0 Å². The molecular formula is C20H22F2N2. The van der Waals surface area contributed by atoms with E-state index in [2.05, 4.69) is 9.80 Å². The van der Waals surface area contributed by atoms with Crippen molar-refractivity contribution < 1.29 is 8.78 Å². The average Bonchev–Trinajstić information content (AvgIpc) is 3.28. The van der Waals surface area contributed by atoms with Crippen molar-refractivity contribution in [2.24, 2.45) is 0 Å². The van der Waals surface area contributed by atoms with Gasteiger partial charge < -0.3 is 9.80 Å². The van der Waals surface area contributed by atoms with Crippen LogP contribution < -0.4 is 9.80 Å². The summed E-state index contributed by atoms with van der Waals surface area (Å²) in [6, 6.07) is 10.4. The summed E-state index contributed by atoms with van der Waals surface area (Å²) in [7, 11) is 0. The zero-order valence-electron chi connectivity index (χ0n) is 13.8. The molecule has 0 aliphatic carbocycles. The molecule has 0 N–H and O–H groups in total. The molecule has 126 valence electrons. The third-order valence-electron chi connectivity index (χ3n) is 5.13. The number of nitrogens with zero attached hydrogens (tertiary/aromatic N) is 2.